The van der Waals surface area contributed by atoms with E-state index in [9.17, 15) is 4.79 Å². The van der Waals surface area contributed by atoms with Crippen LogP contribution in [0.15, 0.2) is 18.3 Å². The standard InChI is InChI=1S/C16H25N3O2/c1-2-8-17-14-6-7-15(19-11-14)16(20)18-9-3-10-21-12-13-4-5-13/h6-7,11,13,17H,2-5,8-10,12H2,1H3,(H,18,20). The third-order valence-electron chi connectivity index (χ3n) is 3.38. The molecule has 2 rings (SSSR count). The number of hydrogen-bond acceptors (Lipinski definition) is 4. The maximum atomic E-state index is 11.9. The van der Waals surface area contributed by atoms with E-state index >= 15 is 0 Å². The summed E-state index contributed by atoms with van der Waals surface area (Å²) in [7, 11) is 0. The average Bonchev–Trinajstić information content (AvgIpc) is 3.33. The van der Waals surface area contributed by atoms with Gasteiger partial charge in [-0.3, -0.25) is 4.79 Å². The molecule has 0 bridgehead atoms. The molecule has 5 nitrogen and oxygen atoms in total. The van der Waals surface area contributed by atoms with Gasteiger partial charge in [0.1, 0.15) is 5.69 Å². The lowest BCUT2D eigenvalue weighted by atomic mass is 10.3. The third-order valence-corrected chi connectivity index (χ3v) is 3.38. The van der Waals surface area contributed by atoms with Crippen LogP contribution in [0.2, 0.25) is 0 Å². The van der Waals surface area contributed by atoms with Crippen molar-refractivity contribution in [2.45, 2.75) is 32.6 Å². The van der Waals surface area contributed by atoms with E-state index in [0.717, 1.165) is 37.6 Å². The van der Waals surface area contributed by atoms with Gasteiger partial charge in [-0.1, -0.05) is 6.92 Å². The number of nitrogens with zero attached hydrogens (tertiary/aromatic N) is 1. The Morgan fingerprint density at radius 1 is 1.38 bits per heavy atom. The highest BCUT2D eigenvalue weighted by Gasteiger charge is 2.20. The first-order chi connectivity index (χ1) is 10.3. The monoisotopic (exact) mass is 291 g/mol. The highest BCUT2D eigenvalue weighted by molar-refractivity contribution is 5.92. The first kappa shape index (κ1) is 15.8. The SMILES string of the molecule is CCCNc1ccc(C(=O)NCCCOCC2CC2)nc1. The summed E-state index contributed by atoms with van der Waals surface area (Å²) in [5.41, 5.74) is 1.40. The smallest absolute Gasteiger partial charge is 0.269 e. The number of anilines is 1. The molecule has 0 unspecified atom stereocenters. The lowest BCUT2D eigenvalue weighted by Gasteiger charge is -2.07. The van der Waals surface area contributed by atoms with E-state index in [0.29, 0.717) is 18.8 Å². The summed E-state index contributed by atoms with van der Waals surface area (Å²) in [6, 6.07) is 3.63. The Hall–Kier alpha value is -1.62. The van der Waals surface area contributed by atoms with Crippen LogP contribution in [0.3, 0.4) is 0 Å². The summed E-state index contributed by atoms with van der Waals surface area (Å²) in [5.74, 6) is 0.669. The maximum absolute atomic E-state index is 11.9. The Morgan fingerprint density at radius 2 is 2.24 bits per heavy atom. The number of carbonyl (C=O) groups excluding carboxylic acids is 1. The highest BCUT2D eigenvalue weighted by Crippen LogP contribution is 2.28. The van der Waals surface area contributed by atoms with Crippen molar-refractivity contribution >= 4 is 11.6 Å². The molecule has 1 amide bonds. The van der Waals surface area contributed by atoms with E-state index in [1.807, 2.05) is 6.07 Å². The molecular formula is C16H25N3O2. The Kier molecular flexibility index (Phi) is 6.47. The molecule has 116 valence electrons. The number of rotatable bonds is 10. The summed E-state index contributed by atoms with van der Waals surface area (Å²) in [5, 5.41) is 6.09. The first-order valence-corrected chi connectivity index (χ1v) is 7.85. The van der Waals surface area contributed by atoms with Crippen LogP contribution in [-0.4, -0.2) is 37.2 Å². The number of hydrogen-bond donors (Lipinski definition) is 2. The minimum Gasteiger partial charge on any atom is -0.384 e. The van der Waals surface area contributed by atoms with Crippen LogP contribution in [0.25, 0.3) is 0 Å². The lowest BCUT2D eigenvalue weighted by Crippen LogP contribution is -2.26. The number of carbonyl (C=O) groups is 1. The van der Waals surface area contributed by atoms with Gasteiger partial charge in [-0.2, -0.15) is 0 Å². The lowest BCUT2D eigenvalue weighted by molar-refractivity contribution is 0.0932. The first-order valence-electron chi connectivity index (χ1n) is 7.85. The summed E-state index contributed by atoms with van der Waals surface area (Å²) >= 11 is 0. The Balaban J connectivity index is 1.60. The molecule has 1 heterocycles. The molecule has 1 saturated carbocycles. The second-order valence-corrected chi connectivity index (χ2v) is 5.49. The topological polar surface area (TPSA) is 63.2 Å². The fourth-order valence-corrected chi connectivity index (χ4v) is 1.90. The van der Waals surface area contributed by atoms with Crippen LogP contribution >= 0.6 is 0 Å². The zero-order valence-corrected chi connectivity index (χ0v) is 12.7. The van der Waals surface area contributed by atoms with Crippen LogP contribution in [0.1, 0.15) is 43.1 Å². The van der Waals surface area contributed by atoms with Crippen LogP contribution in [0, 0.1) is 5.92 Å². The van der Waals surface area contributed by atoms with Crippen molar-refractivity contribution in [1.82, 2.24) is 10.3 Å². The highest BCUT2D eigenvalue weighted by atomic mass is 16.5. The van der Waals surface area contributed by atoms with Gasteiger partial charge in [0.2, 0.25) is 0 Å². The van der Waals surface area contributed by atoms with Gasteiger partial charge < -0.3 is 15.4 Å². The molecule has 1 aliphatic rings. The minimum atomic E-state index is -0.126. The van der Waals surface area contributed by atoms with Crippen molar-refractivity contribution in [3.63, 3.8) is 0 Å². The quantitative estimate of drug-likeness (QED) is 0.650. The molecule has 21 heavy (non-hydrogen) atoms. The fourth-order valence-electron chi connectivity index (χ4n) is 1.90. The van der Waals surface area contributed by atoms with Crippen molar-refractivity contribution in [3.8, 4) is 0 Å². The molecule has 0 atom stereocenters. The zero-order chi connectivity index (χ0) is 14.9. The Morgan fingerprint density at radius 3 is 2.90 bits per heavy atom. The van der Waals surface area contributed by atoms with Gasteiger partial charge in [0.25, 0.3) is 5.91 Å². The molecule has 0 radical (unpaired) electrons. The van der Waals surface area contributed by atoms with Gasteiger partial charge in [0, 0.05) is 26.3 Å². The summed E-state index contributed by atoms with van der Waals surface area (Å²) in [4.78, 5) is 16.1. The van der Waals surface area contributed by atoms with Crippen LogP contribution < -0.4 is 10.6 Å². The molecule has 0 aromatic carbocycles. The van der Waals surface area contributed by atoms with Gasteiger partial charge >= 0.3 is 0 Å². The van der Waals surface area contributed by atoms with Crippen molar-refractivity contribution < 1.29 is 9.53 Å². The molecule has 1 fully saturated rings. The second-order valence-electron chi connectivity index (χ2n) is 5.49. The van der Waals surface area contributed by atoms with Crippen molar-refractivity contribution in [2.24, 2.45) is 5.92 Å². The van der Waals surface area contributed by atoms with Crippen molar-refractivity contribution in [3.05, 3.63) is 24.0 Å². The number of nitrogens with one attached hydrogen (secondary N) is 2. The van der Waals surface area contributed by atoms with Crippen molar-refractivity contribution in [1.29, 1.82) is 0 Å². The van der Waals surface area contributed by atoms with E-state index in [1.165, 1.54) is 12.8 Å². The predicted molar refractivity (Wildman–Crippen MR) is 83.5 cm³/mol. The molecule has 1 aromatic heterocycles. The molecule has 1 aromatic rings. The van der Waals surface area contributed by atoms with Gasteiger partial charge in [0.05, 0.1) is 11.9 Å². The molecule has 0 spiro atoms. The molecular weight excluding hydrogens is 266 g/mol. The molecule has 2 N–H and O–H groups in total. The van der Waals surface area contributed by atoms with Crippen LogP contribution in [-0.2, 0) is 4.74 Å². The van der Waals surface area contributed by atoms with Crippen LogP contribution in [0.5, 0.6) is 0 Å². The minimum absolute atomic E-state index is 0.126. The number of amides is 1. The summed E-state index contributed by atoms with van der Waals surface area (Å²) in [6.07, 6.45) is 6.22. The zero-order valence-electron chi connectivity index (χ0n) is 12.7. The van der Waals surface area contributed by atoms with Gasteiger partial charge in [-0.25, -0.2) is 4.98 Å². The predicted octanol–water partition coefficient (Wildman–Crippen LogP) is 2.45. The largest absolute Gasteiger partial charge is 0.384 e. The molecule has 5 heteroatoms. The Labute approximate surface area is 126 Å². The Bertz CT molecular complexity index is 430. The van der Waals surface area contributed by atoms with Crippen molar-refractivity contribution in [2.75, 3.05) is 31.6 Å². The molecule has 0 saturated heterocycles. The summed E-state index contributed by atoms with van der Waals surface area (Å²) in [6.45, 7) is 5.23. The average molecular weight is 291 g/mol. The second kappa shape index (κ2) is 8.62. The summed E-state index contributed by atoms with van der Waals surface area (Å²) < 4.78 is 5.52. The molecule has 1 aliphatic carbocycles. The van der Waals surface area contributed by atoms with Crippen LogP contribution in [0.4, 0.5) is 5.69 Å². The number of ether oxygens (including phenoxy) is 1. The number of aromatic nitrogens is 1. The van der Waals surface area contributed by atoms with E-state index in [2.05, 4.69) is 22.5 Å². The van der Waals surface area contributed by atoms with E-state index in [4.69, 9.17) is 4.74 Å². The van der Waals surface area contributed by atoms with Gasteiger partial charge in [-0.05, 0) is 43.7 Å². The van der Waals surface area contributed by atoms with E-state index in [-0.39, 0.29) is 5.91 Å². The fraction of sp³-hybridized carbons (Fsp3) is 0.625. The normalized spacial score (nSPS) is 14.0. The molecule has 0 aliphatic heterocycles. The third kappa shape index (κ3) is 6.12. The van der Waals surface area contributed by atoms with Gasteiger partial charge in [0.15, 0.2) is 0 Å². The van der Waals surface area contributed by atoms with Gasteiger partial charge in [-0.15, -0.1) is 0 Å². The van der Waals surface area contributed by atoms with E-state index in [1.54, 1.807) is 12.3 Å². The maximum Gasteiger partial charge on any atom is 0.269 e. The van der Waals surface area contributed by atoms with E-state index < -0.39 is 0 Å². The number of pyridine rings is 1.